The van der Waals surface area contributed by atoms with Crippen LogP contribution in [-0.2, 0) is 21.3 Å². The summed E-state index contributed by atoms with van der Waals surface area (Å²) in [6.45, 7) is 3.12. The van der Waals surface area contributed by atoms with Gasteiger partial charge in [0.2, 0.25) is 16.8 Å². The van der Waals surface area contributed by atoms with Gasteiger partial charge in [-0.25, -0.2) is 18.2 Å². The first kappa shape index (κ1) is 27.9. The van der Waals surface area contributed by atoms with Gasteiger partial charge in [-0.05, 0) is 42.8 Å². The van der Waals surface area contributed by atoms with Crippen molar-refractivity contribution in [3.8, 4) is 11.5 Å². The zero-order valence-corrected chi connectivity index (χ0v) is 24.3. The highest BCUT2D eigenvalue weighted by Gasteiger charge is 2.31. The molecule has 2 aliphatic rings. The highest BCUT2D eigenvalue weighted by atomic mass is 32.2. The lowest BCUT2D eigenvalue weighted by Crippen LogP contribution is -2.50. The molecule has 0 bridgehead atoms. The van der Waals surface area contributed by atoms with Gasteiger partial charge in [-0.3, -0.25) is 14.7 Å². The second-order valence-electron chi connectivity index (χ2n) is 9.54. The van der Waals surface area contributed by atoms with E-state index in [9.17, 15) is 18.0 Å². The largest absolute Gasteiger partial charge is 0.454 e. The number of thiazole rings is 1. The van der Waals surface area contributed by atoms with Crippen molar-refractivity contribution in [1.29, 1.82) is 0 Å². The first-order valence-electron chi connectivity index (χ1n) is 13.3. The number of amides is 2. The van der Waals surface area contributed by atoms with Gasteiger partial charge in [-0.15, -0.1) is 0 Å². The summed E-state index contributed by atoms with van der Waals surface area (Å²) in [6.07, 6.45) is 2.89. The molecule has 0 spiro atoms. The molecule has 2 amide bonds. The van der Waals surface area contributed by atoms with E-state index in [1.807, 2.05) is 12.1 Å². The van der Waals surface area contributed by atoms with Crippen molar-refractivity contribution in [1.82, 2.24) is 19.2 Å². The van der Waals surface area contributed by atoms with Crippen molar-refractivity contribution in [2.24, 2.45) is 0 Å². The zero-order valence-electron chi connectivity index (χ0n) is 22.6. The number of benzene rings is 2. The van der Waals surface area contributed by atoms with Crippen molar-refractivity contribution in [3.05, 3.63) is 72.1 Å². The Morgan fingerprint density at radius 2 is 1.79 bits per heavy atom. The number of anilines is 1. The number of carbonyl (C=O) groups is 2. The summed E-state index contributed by atoms with van der Waals surface area (Å²) in [5, 5.41) is 0.471. The smallest absolute Gasteiger partial charge is 0.409 e. The van der Waals surface area contributed by atoms with Crippen molar-refractivity contribution >= 4 is 48.7 Å². The number of sulfonamides is 1. The highest BCUT2D eigenvalue weighted by Crippen LogP contribution is 2.40. The van der Waals surface area contributed by atoms with E-state index >= 15 is 0 Å². The lowest BCUT2D eigenvalue weighted by molar-refractivity contribution is 0.0933. The molecule has 2 aliphatic heterocycles. The number of hydrogen-bond donors (Lipinski definition) is 0. The maximum Gasteiger partial charge on any atom is 0.409 e. The van der Waals surface area contributed by atoms with E-state index in [4.69, 9.17) is 19.2 Å². The minimum absolute atomic E-state index is 0.0666. The maximum atomic E-state index is 13.9. The predicted molar refractivity (Wildman–Crippen MR) is 154 cm³/mol. The van der Waals surface area contributed by atoms with Crippen LogP contribution in [0.4, 0.5) is 9.93 Å². The van der Waals surface area contributed by atoms with Gasteiger partial charge in [0.25, 0.3) is 5.91 Å². The Hall–Kier alpha value is -4.27. The van der Waals surface area contributed by atoms with E-state index in [0.717, 1.165) is 10.3 Å². The summed E-state index contributed by atoms with van der Waals surface area (Å²) < 4.78 is 44.8. The van der Waals surface area contributed by atoms with Crippen LogP contribution < -0.4 is 14.4 Å². The average molecular weight is 610 g/mol. The fourth-order valence-corrected chi connectivity index (χ4v) is 7.12. The lowest BCUT2D eigenvalue weighted by atomic mass is 10.2. The summed E-state index contributed by atoms with van der Waals surface area (Å²) in [5.41, 5.74) is 1.78. The molecule has 0 atom stereocenters. The van der Waals surface area contributed by atoms with Gasteiger partial charge in [0.15, 0.2) is 16.6 Å². The van der Waals surface area contributed by atoms with Gasteiger partial charge in [-0.2, -0.15) is 4.31 Å². The molecule has 12 nitrogen and oxygen atoms in total. The lowest BCUT2D eigenvalue weighted by Gasteiger charge is -2.33. The highest BCUT2D eigenvalue weighted by molar-refractivity contribution is 7.89. The fraction of sp³-hybridized carbons (Fsp3) is 0.286. The van der Waals surface area contributed by atoms with E-state index in [1.165, 1.54) is 44.8 Å². The number of fused-ring (bicyclic) bond motifs is 2. The zero-order chi connectivity index (χ0) is 29.3. The van der Waals surface area contributed by atoms with Gasteiger partial charge >= 0.3 is 6.09 Å². The summed E-state index contributed by atoms with van der Waals surface area (Å²) in [5.74, 6) is 0.885. The van der Waals surface area contributed by atoms with Crippen LogP contribution in [0.15, 0.2) is 65.8 Å². The molecule has 6 rings (SSSR count). The normalized spacial score (nSPS) is 15.1. The van der Waals surface area contributed by atoms with Crippen molar-refractivity contribution < 1.29 is 32.2 Å². The third-order valence-corrected chi connectivity index (χ3v) is 9.87. The molecule has 42 heavy (non-hydrogen) atoms. The molecule has 0 aliphatic carbocycles. The Bertz CT molecular complexity index is 1680. The first-order valence-corrected chi connectivity index (χ1v) is 15.5. The molecule has 0 unspecified atom stereocenters. The van der Waals surface area contributed by atoms with Crippen molar-refractivity contribution in [2.45, 2.75) is 18.4 Å². The summed E-state index contributed by atoms with van der Waals surface area (Å²) >= 11 is 1.34. The number of ether oxygens (including phenoxy) is 3. The SMILES string of the molecule is CCOC(=O)N1CCN(S(=O)(=O)c2ccc(C(=O)N(Cc3cccnc3)c3nc4cc5c(cc4s3)OCO5)cc2)CC1. The van der Waals surface area contributed by atoms with Crippen LogP contribution in [0, 0.1) is 0 Å². The molecule has 1 fully saturated rings. The van der Waals surface area contributed by atoms with Gasteiger partial charge in [0, 0.05) is 56.3 Å². The Balaban J connectivity index is 1.24. The monoisotopic (exact) mass is 609 g/mol. The number of piperazine rings is 1. The van der Waals surface area contributed by atoms with Gasteiger partial charge in [0.05, 0.1) is 28.3 Å². The van der Waals surface area contributed by atoms with Crippen LogP contribution in [0.3, 0.4) is 0 Å². The third kappa shape index (κ3) is 5.47. The molecule has 14 heteroatoms. The van der Waals surface area contributed by atoms with E-state index in [1.54, 1.807) is 36.4 Å². The van der Waals surface area contributed by atoms with Gasteiger partial charge < -0.3 is 19.1 Å². The van der Waals surface area contributed by atoms with E-state index in [2.05, 4.69) is 4.98 Å². The minimum Gasteiger partial charge on any atom is -0.454 e. The quantitative estimate of drug-likeness (QED) is 0.308. The van der Waals surface area contributed by atoms with E-state index in [-0.39, 0.29) is 56.9 Å². The summed E-state index contributed by atoms with van der Waals surface area (Å²) in [4.78, 5) is 37.8. The number of carbonyl (C=O) groups excluding carboxylic acids is 2. The Morgan fingerprint density at radius 3 is 2.48 bits per heavy atom. The Kier molecular flexibility index (Phi) is 7.66. The molecule has 1 saturated heterocycles. The number of nitrogens with zero attached hydrogens (tertiary/aromatic N) is 5. The third-order valence-electron chi connectivity index (χ3n) is 6.91. The summed E-state index contributed by atoms with van der Waals surface area (Å²) in [6, 6.07) is 13.2. The van der Waals surface area contributed by atoms with Crippen molar-refractivity contribution in [2.75, 3.05) is 44.5 Å². The maximum absolute atomic E-state index is 13.9. The number of rotatable bonds is 7. The van der Waals surface area contributed by atoms with Gasteiger partial charge in [-0.1, -0.05) is 17.4 Å². The number of pyridine rings is 1. The van der Waals surface area contributed by atoms with Crippen LogP contribution in [0.1, 0.15) is 22.8 Å². The fourth-order valence-electron chi connectivity index (χ4n) is 4.72. The first-order chi connectivity index (χ1) is 20.3. The molecular formula is C28H27N5O7S2. The van der Waals surface area contributed by atoms with Gasteiger partial charge in [0.1, 0.15) is 0 Å². The standard InChI is InChI=1S/C28H27N5O7S2/c1-2-38-28(35)31-10-12-32(13-11-31)42(36,37)21-7-5-20(6-8-21)26(34)33(17-19-4-3-9-29-16-19)27-30-22-14-23-24(40-18-39-23)15-25(22)41-27/h3-9,14-16H,2,10-13,17-18H2,1H3. The minimum atomic E-state index is -3.82. The molecule has 0 N–H and O–H groups in total. The average Bonchev–Trinajstić information content (AvgIpc) is 3.65. The van der Waals surface area contributed by atoms with E-state index in [0.29, 0.717) is 27.7 Å². The molecule has 2 aromatic carbocycles. The van der Waals surface area contributed by atoms with Crippen LogP contribution in [-0.4, -0.2) is 79.2 Å². The molecule has 4 aromatic rings. The van der Waals surface area contributed by atoms with Crippen molar-refractivity contribution in [3.63, 3.8) is 0 Å². The second-order valence-corrected chi connectivity index (χ2v) is 12.5. The number of hydrogen-bond acceptors (Lipinski definition) is 10. The topological polar surface area (TPSA) is 131 Å². The van der Waals surface area contributed by atoms with E-state index < -0.39 is 16.1 Å². The molecular weight excluding hydrogens is 582 g/mol. The van der Waals surface area contributed by atoms with Crippen LogP contribution >= 0.6 is 11.3 Å². The van der Waals surface area contributed by atoms with Crippen LogP contribution in [0.2, 0.25) is 0 Å². The molecule has 4 heterocycles. The molecule has 2 aromatic heterocycles. The Labute approximate surface area is 246 Å². The Morgan fingerprint density at radius 1 is 1.05 bits per heavy atom. The van der Waals surface area contributed by atoms with Crippen LogP contribution in [0.25, 0.3) is 10.2 Å². The second kappa shape index (κ2) is 11.5. The molecule has 218 valence electrons. The number of aromatic nitrogens is 2. The van der Waals surface area contributed by atoms with Crippen LogP contribution in [0.5, 0.6) is 11.5 Å². The predicted octanol–water partition coefficient (Wildman–Crippen LogP) is 3.73. The molecule has 0 radical (unpaired) electrons. The molecule has 0 saturated carbocycles. The summed E-state index contributed by atoms with van der Waals surface area (Å²) in [7, 11) is -3.82.